The second-order valence-corrected chi connectivity index (χ2v) is 6.05. The Morgan fingerprint density at radius 2 is 1.92 bits per heavy atom. The van der Waals surface area contributed by atoms with Crippen molar-refractivity contribution >= 4 is 5.91 Å². The average molecular weight is 327 g/mol. The van der Waals surface area contributed by atoms with Crippen LogP contribution in [0.1, 0.15) is 36.5 Å². The number of aryl methyl sites for hydroxylation is 1. The molecule has 0 spiro atoms. The molecule has 4 heteroatoms. The van der Waals surface area contributed by atoms with Gasteiger partial charge in [0.1, 0.15) is 11.5 Å². The van der Waals surface area contributed by atoms with E-state index in [9.17, 15) is 4.79 Å². The molecule has 0 aliphatic carbocycles. The van der Waals surface area contributed by atoms with Gasteiger partial charge in [-0.05, 0) is 42.2 Å². The van der Waals surface area contributed by atoms with Crippen molar-refractivity contribution in [2.24, 2.45) is 0 Å². The van der Waals surface area contributed by atoms with Gasteiger partial charge < -0.3 is 14.8 Å². The molecule has 1 amide bonds. The van der Waals surface area contributed by atoms with Crippen LogP contribution in [0.5, 0.6) is 11.5 Å². The van der Waals surface area contributed by atoms with Crippen LogP contribution in [0.15, 0.2) is 42.5 Å². The Balaban J connectivity index is 1.86. The van der Waals surface area contributed by atoms with Gasteiger partial charge in [0.15, 0.2) is 6.61 Å². The first-order chi connectivity index (χ1) is 11.5. The van der Waals surface area contributed by atoms with Crippen molar-refractivity contribution in [3.05, 3.63) is 59.2 Å². The van der Waals surface area contributed by atoms with E-state index in [1.807, 2.05) is 36.4 Å². The van der Waals surface area contributed by atoms with Crippen LogP contribution in [0.2, 0.25) is 0 Å². The maximum atomic E-state index is 12.0. The summed E-state index contributed by atoms with van der Waals surface area (Å²) in [6, 6.07) is 13.6. The molecule has 128 valence electrons. The molecule has 0 unspecified atom stereocenters. The van der Waals surface area contributed by atoms with Gasteiger partial charge in [0.05, 0.1) is 7.11 Å². The molecule has 2 aromatic rings. The highest BCUT2D eigenvalue weighted by Gasteiger charge is 2.08. The van der Waals surface area contributed by atoms with Crippen LogP contribution in [0, 0.1) is 6.92 Å². The molecule has 0 bridgehead atoms. The summed E-state index contributed by atoms with van der Waals surface area (Å²) in [5.41, 5.74) is 3.41. The van der Waals surface area contributed by atoms with Crippen LogP contribution < -0.4 is 14.8 Å². The highest BCUT2D eigenvalue weighted by molar-refractivity contribution is 5.77. The fourth-order valence-electron chi connectivity index (χ4n) is 2.63. The molecule has 0 aromatic heterocycles. The van der Waals surface area contributed by atoms with E-state index >= 15 is 0 Å². The minimum absolute atomic E-state index is 0.00435. The number of hydrogen-bond acceptors (Lipinski definition) is 3. The third kappa shape index (κ3) is 4.75. The number of benzene rings is 2. The van der Waals surface area contributed by atoms with Crippen LogP contribution in [0.25, 0.3) is 0 Å². The van der Waals surface area contributed by atoms with E-state index in [0.717, 1.165) is 11.3 Å². The first kappa shape index (κ1) is 17.9. The third-order valence-corrected chi connectivity index (χ3v) is 3.90. The molecule has 1 N–H and O–H groups in total. The van der Waals surface area contributed by atoms with Gasteiger partial charge in [-0.3, -0.25) is 4.79 Å². The lowest BCUT2D eigenvalue weighted by atomic mass is 9.98. The fourth-order valence-corrected chi connectivity index (χ4v) is 2.63. The van der Waals surface area contributed by atoms with Crippen LogP contribution in [0.4, 0.5) is 0 Å². The van der Waals surface area contributed by atoms with Crippen molar-refractivity contribution < 1.29 is 14.3 Å². The summed E-state index contributed by atoms with van der Waals surface area (Å²) in [5.74, 6) is 1.79. The molecule has 2 aromatic carbocycles. The summed E-state index contributed by atoms with van der Waals surface area (Å²) in [6.07, 6.45) is 0. The zero-order valence-corrected chi connectivity index (χ0v) is 14.8. The number of rotatable bonds is 7. The van der Waals surface area contributed by atoms with Gasteiger partial charge in [0.25, 0.3) is 5.91 Å². The summed E-state index contributed by atoms with van der Waals surface area (Å²) in [4.78, 5) is 12.0. The highest BCUT2D eigenvalue weighted by Crippen LogP contribution is 2.23. The van der Waals surface area contributed by atoms with Crippen LogP contribution in [0.3, 0.4) is 0 Å². The Morgan fingerprint density at radius 3 is 2.58 bits per heavy atom. The first-order valence-corrected chi connectivity index (χ1v) is 8.13. The Bertz CT molecular complexity index is 695. The van der Waals surface area contributed by atoms with E-state index in [2.05, 4.69) is 32.2 Å². The molecule has 0 fully saturated rings. The summed E-state index contributed by atoms with van der Waals surface area (Å²) >= 11 is 0. The second kappa shape index (κ2) is 8.39. The lowest BCUT2D eigenvalue weighted by molar-refractivity contribution is -0.123. The number of ether oxygens (including phenoxy) is 2. The minimum Gasteiger partial charge on any atom is -0.496 e. The summed E-state index contributed by atoms with van der Waals surface area (Å²) in [7, 11) is 1.62. The number of nitrogens with one attached hydrogen (secondary N) is 1. The zero-order valence-electron chi connectivity index (χ0n) is 14.8. The maximum Gasteiger partial charge on any atom is 0.258 e. The Kier molecular flexibility index (Phi) is 6.24. The summed E-state index contributed by atoms with van der Waals surface area (Å²) < 4.78 is 10.9. The second-order valence-electron chi connectivity index (χ2n) is 6.05. The molecular formula is C20H25NO3. The fraction of sp³-hybridized carbons (Fsp3) is 0.350. The normalized spacial score (nSPS) is 10.5. The van der Waals surface area contributed by atoms with Crippen molar-refractivity contribution in [1.29, 1.82) is 0 Å². The predicted octanol–water partition coefficient (Wildman–Crippen LogP) is 3.82. The Morgan fingerprint density at radius 1 is 1.17 bits per heavy atom. The molecule has 0 radical (unpaired) electrons. The number of amides is 1. The van der Waals surface area contributed by atoms with Gasteiger partial charge in [-0.25, -0.2) is 0 Å². The van der Waals surface area contributed by atoms with Gasteiger partial charge in [-0.2, -0.15) is 0 Å². The highest BCUT2D eigenvalue weighted by atomic mass is 16.5. The number of hydrogen-bond donors (Lipinski definition) is 1. The summed E-state index contributed by atoms with van der Waals surface area (Å²) in [5, 5.41) is 2.84. The van der Waals surface area contributed by atoms with E-state index in [-0.39, 0.29) is 12.5 Å². The van der Waals surface area contributed by atoms with Crippen molar-refractivity contribution in [2.75, 3.05) is 13.7 Å². The third-order valence-electron chi connectivity index (χ3n) is 3.90. The number of carbonyl (C=O) groups excluding carboxylic acids is 1. The molecule has 0 aliphatic rings. The standard InChI is InChI=1S/C20H25NO3/c1-14(2)18-10-9-17(11-15(18)3)24-13-20(22)21-12-16-7-5-6-8-19(16)23-4/h5-11,14H,12-13H2,1-4H3,(H,21,22). The predicted molar refractivity (Wildman–Crippen MR) is 95.6 cm³/mol. The molecule has 2 rings (SSSR count). The van der Waals surface area contributed by atoms with E-state index in [0.29, 0.717) is 18.2 Å². The Hall–Kier alpha value is -2.49. The molecule has 0 heterocycles. The van der Waals surface area contributed by atoms with Gasteiger partial charge >= 0.3 is 0 Å². The first-order valence-electron chi connectivity index (χ1n) is 8.13. The lowest BCUT2D eigenvalue weighted by Crippen LogP contribution is -2.28. The minimum atomic E-state index is -0.161. The van der Waals surface area contributed by atoms with Crippen LogP contribution >= 0.6 is 0 Å². The summed E-state index contributed by atoms with van der Waals surface area (Å²) in [6.45, 7) is 6.79. The molecule has 0 saturated carbocycles. The largest absolute Gasteiger partial charge is 0.496 e. The van der Waals surface area contributed by atoms with Crippen molar-refractivity contribution in [2.45, 2.75) is 33.2 Å². The van der Waals surface area contributed by atoms with E-state index in [4.69, 9.17) is 9.47 Å². The van der Waals surface area contributed by atoms with Gasteiger partial charge in [-0.15, -0.1) is 0 Å². The smallest absolute Gasteiger partial charge is 0.258 e. The quantitative estimate of drug-likeness (QED) is 0.841. The van der Waals surface area contributed by atoms with Crippen molar-refractivity contribution in [1.82, 2.24) is 5.32 Å². The zero-order chi connectivity index (χ0) is 17.5. The molecule has 0 aliphatic heterocycles. The van der Waals surface area contributed by atoms with Gasteiger partial charge in [0.2, 0.25) is 0 Å². The van der Waals surface area contributed by atoms with E-state index in [1.54, 1.807) is 7.11 Å². The van der Waals surface area contributed by atoms with E-state index < -0.39 is 0 Å². The maximum absolute atomic E-state index is 12.0. The Labute approximate surface area is 143 Å². The van der Waals surface area contributed by atoms with Crippen molar-refractivity contribution in [3.63, 3.8) is 0 Å². The monoisotopic (exact) mass is 327 g/mol. The van der Waals surface area contributed by atoms with E-state index in [1.165, 1.54) is 11.1 Å². The lowest BCUT2D eigenvalue weighted by Gasteiger charge is -2.13. The number of methoxy groups -OCH3 is 1. The molecule has 4 nitrogen and oxygen atoms in total. The van der Waals surface area contributed by atoms with Crippen LogP contribution in [-0.4, -0.2) is 19.6 Å². The molecule has 0 saturated heterocycles. The van der Waals surface area contributed by atoms with Crippen molar-refractivity contribution in [3.8, 4) is 11.5 Å². The van der Waals surface area contributed by atoms with Gasteiger partial charge in [0, 0.05) is 12.1 Å². The van der Waals surface area contributed by atoms with Crippen LogP contribution in [-0.2, 0) is 11.3 Å². The molecular weight excluding hydrogens is 302 g/mol. The SMILES string of the molecule is COc1ccccc1CNC(=O)COc1ccc(C(C)C)c(C)c1. The topological polar surface area (TPSA) is 47.6 Å². The number of para-hydroxylation sites is 1. The number of carbonyl (C=O) groups is 1. The average Bonchev–Trinajstić information content (AvgIpc) is 2.58. The van der Waals surface area contributed by atoms with Gasteiger partial charge in [-0.1, -0.05) is 38.1 Å². The molecule has 0 atom stereocenters. The molecule has 24 heavy (non-hydrogen) atoms.